The number of aromatic nitrogens is 1. The molecule has 3 N–H and O–H groups in total. The van der Waals surface area contributed by atoms with Crippen LogP contribution in [0.5, 0.6) is 0 Å². The topological polar surface area (TPSA) is 68.0 Å². The molecule has 1 fully saturated rings. The molecule has 1 aliphatic carbocycles. The van der Waals surface area contributed by atoms with Crippen molar-refractivity contribution in [2.24, 2.45) is 0 Å². The highest BCUT2D eigenvalue weighted by atomic mass is 16.1. The molecule has 1 aromatic heterocycles. The van der Waals surface area contributed by atoms with Crippen LogP contribution in [0.4, 0.5) is 5.82 Å². The maximum absolute atomic E-state index is 12.3. The number of nitrogen functional groups attached to an aromatic ring is 1. The number of nitrogens with zero attached hydrogens (tertiary/aromatic N) is 1. The molecule has 4 nitrogen and oxygen atoms in total. The number of hydrogen-bond donors (Lipinski definition) is 2. The largest absolute Gasteiger partial charge is 0.384 e. The Bertz CT molecular complexity index is 439. The average Bonchev–Trinajstić information content (AvgIpc) is 2.39. The summed E-state index contributed by atoms with van der Waals surface area (Å²) >= 11 is 0. The van der Waals surface area contributed by atoms with Gasteiger partial charge in [-0.2, -0.15) is 0 Å². The van der Waals surface area contributed by atoms with Crippen LogP contribution in [0.2, 0.25) is 0 Å². The zero-order chi connectivity index (χ0) is 13.7. The Morgan fingerprint density at radius 2 is 2.16 bits per heavy atom. The van der Waals surface area contributed by atoms with Gasteiger partial charge in [0.15, 0.2) is 0 Å². The average molecular weight is 261 g/mol. The lowest BCUT2D eigenvalue weighted by Gasteiger charge is -2.36. The quantitative estimate of drug-likeness (QED) is 0.851. The SMILES string of the molecule is CNC1(CC(=O)Cc2ccnc(N)c2)CCCCC1. The third-order valence-corrected chi connectivity index (χ3v) is 4.12. The van der Waals surface area contributed by atoms with Crippen molar-refractivity contribution in [3.8, 4) is 0 Å². The molecular weight excluding hydrogens is 238 g/mol. The second-order valence-corrected chi connectivity index (χ2v) is 5.57. The van der Waals surface area contributed by atoms with Crippen molar-refractivity contribution < 1.29 is 4.79 Å². The summed E-state index contributed by atoms with van der Waals surface area (Å²) in [5.41, 5.74) is 6.62. The molecule has 1 aromatic rings. The molecule has 0 radical (unpaired) electrons. The number of nitrogens with one attached hydrogen (secondary N) is 1. The lowest BCUT2D eigenvalue weighted by atomic mass is 9.78. The normalized spacial score (nSPS) is 18.2. The zero-order valence-corrected chi connectivity index (χ0v) is 11.6. The number of carbonyl (C=O) groups excluding carboxylic acids is 1. The Labute approximate surface area is 114 Å². The second kappa shape index (κ2) is 6.15. The van der Waals surface area contributed by atoms with Gasteiger partial charge in [0.05, 0.1) is 0 Å². The Balaban J connectivity index is 1.96. The smallest absolute Gasteiger partial charge is 0.139 e. The number of pyridine rings is 1. The monoisotopic (exact) mass is 261 g/mol. The fourth-order valence-corrected chi connectivity index (χ4v) is 3.02. The number of ketones is 1. The maximum Gasteiger partial charge on any atom is 0.139 e. The van der Waals surface area contributed by atoms with Crippen LogP contribution < -0.4 is 11.1 Å². The minimum absolute atomic E-state index is 0.0217. The van der Waals surface area contributed by atoms with Gasteiger partial charge in [0.25, 0.3) is 0 Å². The zero-order valence-electron chi connectivity index (χ0n) is 11.6. The van der Waals surface area contributed by atoms with Crippen molar-refractivity contribution >= 4 is 11.6 Å². The van der Waals surface area contributed by atoms with E-state index in [1.807, 2.05) is 13.1 Å². The molecule has 2 rings (SSSR count). The first kappa shape index (κ1) is 14.0. The van der Waals surface area contributed by atoms with Gasteiger partial charge in [0, 0.05) is 24.6 Å². The first-order chi connectivity index (χ1) is 9.13. The van der Waals surface area contributed by atoms with E-state index in [1.54, 1.807) is 12.3 Å². The van der Waals surface area contributed by atoms with Crippen LogP contribution in [0.25, 0.3) is 0 Å². The molecule has 19 heavy (non-hydrogen) atoms. The molecule has 1 heterocycles. The maximum atomic E-state index is 12.3. The van der Waals surface area contributed by atoms with Crippen LogP contribution in [0, 0.1) is 0 Å². The molecule has 0 unspecified atom stereocenters. The lowest BCUT2D eigenvalue weighted by Crippen LogP contribution is -2.46. The highest BCUT2D eigenvalue weighted by Crippen LogP contribution is 2.31. The van der Waals surface area contributed by atoms with Gasteiger partial charge in [-0.1, -0.05) is 19.3 Å². The first-order valence-electron chi connectivity index (χ1n) is 7.05. The summed E-state index contributed by atoms with van der Waals surface area (Å²) in [5, 5.41) is 3.39. The summed E-state index contributed by atoms with van der Waals surface area (Å²) in [6, 6.07) is 3.64. The highest BCUT2D eigenvalue weighted by Gasteiger charge is 2.32. The molecule has 104 valence electrons. The lowest BCUT2D eigenvalue weighted by molar-refractivity contribution is -0.120. The number of hydrogen-bond acceptors (Lipinski definition) is 4. The number of carbonyl (C=O) groups is 1. The van der Waals surface area contributed by atoms with Crippen molar-refractivity contribution in [2.75, 3.05) is 12.8 Å². The van der Waals surface area contributed by atoms with Crippen LogP contribution in [-0.4, -0.2) is 23.4 Å². The second-order valence-electron chi connectivity index (χ2n) is 5.57. The molecule has 0 spiro atoms. The first-order valence-corrected chi connectivity index (χ1v) is 7.05. The molecule has 1 aliphatic rings. The molecule has 0 atom stereocenters. The number of Topliss-reactive ketones (excluding diaryl/α,β-unsaturated/α-hetero) is 1. The van der Waals surface area contributed by atoms with E-state index in [0.717, 1.165) is 18.4 Å². The van der Waals surface area contributed by atoms with Crippen LogP contribution in [0.15, 0.2) is 18.3 Å². The van der Waals surface area contributed by atoms with Crippen molar-refractivity contribution in [1.29, 1.82) is 0 Å². The third-order valence-electron chi connectivity index (χ3n) is 4.12. The molecule has 0 saturated heterocycles. The van der Waals surface area contributed by atoms with E-state index in [-0.39, 0.29) is 11.3 Å². The fraction of sp³-hybridized carbons (Fsp3) is 0.600. The number of anilines is 1. The van der Waals surface area contributed by atoms with Gasteiger partial charge in [-0.05, 0) is 37.6 Å². The van der Waals surface area contributed by atoms with Gasteiger partial charge < -0.3 is 11.1 Å². The minimum atomic E-state index is 0.0217. The van der Waals surface area contributed by atoms with E-state index in [0.29, 0.717) is 18.7 Å². The predicted octanol–water partition coefficient (Wildman–Crippen LogP) is 2.09. The Hall–Kier alpha value is -1.42. The van der Waals surface area contributed by atoms with Crippen molar-refractivity contribution in [3.05, 3.63) is 23.9 Å². The van der Waals surface area contributed by atoms with E-state index in [1.165, 1.54) is 19.3 Å². The van der Waals surface area contributed by atoms with Gasteiger partial charge in [-0.15, -0.1) is 0 Å². The minimum Gasteiger partial charge on any atom is -0.384 e. The van der Waals surface area contributed by atoms with Crippen LogP contribution in [0.3, 0.4) is 0 Å². The van der Waals surface area contributed by atoms with Gasteiger partial charge in [0.2, 0.25) is 0 Å². The summed E-state index contributed by atoms with van der Waals surface area (Å²) < 4.78 is 0. The molecule has 0 amide bonds. The molecule has 0 aromatic carbocycles. The van der Waals surface area contributed by atoms with Crippen molar-refractivity contribution in [1.82, 2.24) is 10.3 Å². The van der Waals surface area contributed by atoms with E-state index in [2.05, 4.69) is 10.3 Å². The molecule has 0 bridgehead atoms. The molecule has 4 heteroatoms. The summed E-state index contributed by atoms with van der Waals surface area (Å²) in [4.78, 5) is 16.2. The van der Waals surface area contributed by atoms with Crippen LogP contribution >= 0.6 is 0 Å². The molecule has 0 aliphatic heterocycles. The van der Waals surface area contributed by atoms with Gasteiger partial charge in [-0.3, -0.25) is 4.79 Å². The summed E-state index contributed by atoms with van der Waals surface area (Å²) in [6.07, 6.45) is 8.67. The van der Waals surface area contributed by atoms with E-state index in [9.17, 15) is 4.79 Å². The third kappa shape index (κ3) is 3.77. The Kier molecular flexibility index (Phi) is 4.53. The highest BCUT2D eigenvalue weighted by molar-refractivity contribution is 5.82. The number of rotatable bonds is 5. The van der Waals surface area contributed by atoms with Crippen molar-refractivity contribution in [3.63, 3.8) is 0 Å². The van der Waals surface area contributed by atoms with Gasteiger partial charge >= 0.3 is 0 Å². The Morgan fingerprint density at radius 1 is 1.42 bits per heavy atom. The molecular formula is C15H23N3O. The van der Waals surface area contributed by atoms with E-state index in [4.69, 9.17) is 5.73 Å². The van der Waals surface area contributed by atoms with Gasteiger partial charge in [0.1, 0.15) is 11.6 Å². The molecule has 1 saturated carbocycles. The predicted molar refractivity (Wildman–Crippen MR) is 76.9 cm³/mol. The van der Waals surface area contributed by atoms with E-state index >= 15 is 0 Å². The summed E-state index contributed by atoms with van der Waals surface area (Å²) in [5.74, 6) is 0.758. The Morgan fingerprint density at radius 3 is 2.79 bits per heavy atom. The van der Waals surface area contributed by atoms with E-state index < -0.39 is 0 Å². The number of nitrogens with two attached hydrogens (primary N) is 1. The summed E-state index contributed by atoms with van der Waals surface area (Å²) in [6.45, 7) is 0. The van der Waals surface area contributed by atoms with Gasteiger partial charge in [-0.25, -0.2) is 4.98 Å². The van der Waals surface area contributed by atoms with Crippen LogP contribution in [-0.2, 0) is 11.2 Å². The fourth-order valence-electron chi connectivity index (χ4n) is 3.02. The van der Waals surface area contributed by atoms with Crippen LogP contribution in [0.1, 0.15) is 44.1 Å². The summed E-state index contributed by atoms with van der Waals surface area (Å²) in [7, 11) is 1.98. The van der Waals surface area contributed by atoms with Crippen molar-refractivity contribution in [2.45, 2.75) is 50.5 Å². The standard InChI is InChI=1S/C15H23N3O/c1-17-15(6-3-2-4-7-15)11-13(19)9-12-5-8-18-14(16)10-12/h5,8,10,17H,2-4,6-7,9,11H2,1H3,(H2,16,18).